The predicted octanol–water partition coefficient (Wildman–Crippen LogP) is 2.87. The second kappa shape index (κ2) is 6.49. The molecule has 0 aromatic carbocycles. The number of nitrogens with one attached hydrogen (secondary N) is 2. The molecule has 0 unspecified atom stereocenters. The van der Waals surface area contributed by atoms with Crippen LogP contribution < -0.4 is 10.6 Å². The standard InChI is InChI=1S/C12H14ClN5S/c1-3-15-11(14-2)18-12-17-9(7-19-12)8-4-5-16-10(13)6-8/h4-7H,3H2,1-2H3,(H2,14,15,17,18). The first-order valence-electron chi connectivity index (χ1n) is 5.78. The number of thiazole rings is 1. The third kappa shape index (κ3) is 3.65. The smallest absolute Gasteiger partial charge is 0.197 e. The monoisotopic (exact) mass is 295 g/mol. The third-order valence-electron chi connectivity index (χ3n) is 2.32. The number of anilines is 1. The third-order valence-corrected chi connectivity index (χ3v) is 3.28. The molecule has 2 N–H and O–H groups in total. The molecule has 2 rings (SSSR count). The molecule has 0 radical (unpaired) electrons. The molecular weight excluding hydrogens is 282 g/mol. The van der Waals surface area contributed by atoms with Crippen LogP contribution in [0.15, 0.2) is 28.7 Å². The molecule has 0 saturated heterocycles. The van der Waals surface area contributed by atoms with Gasteiger partial charge in [-0.05, 0) is 19.1 Å². The zero-order valence-electron chi connectivity index (χ0n) is 10.6. The normalized spacial score (nSPS) is 11.4. The van der Waals surface area contributed by atoms with E-state index >= 15 is 0 Å². The summed E-state index contributed by atoms with van der Waals surface area (Å²) in [6.07, 6.45) is 1.67. The molecule has 0 aliphatic rings. The molecule has 19 heavy (non-hydrogen) atoms. The Morgan fingerprint density at radius 2 is 2.37 bits per heavy atom. The second-order valence-electron chi connectivity index (χ2n) is 3.63. The van der Waals surface area contributed by atoms with Crippen LogP contribution in [0.4, 0.5) is 5.13 Å². The first-order valence-corrected chi connectivity index (χ1v) is 7.03. The number of nitrogens with zero attached hydrogens (tertiary/aromatic N) is 3. The highest BCUT2D eigenvalue weighted by atomic mass is 35.5. The first kappa shape index (κ1) is 13.8. The summed E-state index contributed by atoms with van der Waals surface area (Å²) in [5, 5.41) is 9.45. The van der Waals surface area contributed by atoms with E-state index in [1.165, 1.54) is 11.3 Å². The number of hydrogen-bond donors (Lipinski definition) is 2. The number of halogens is 1. The molecule has 0 bridgehead atoms. The average molecular weight is 296 g/mol. The molecule has 0 fully saturated rings. The van der Waals surface area contributed by atoms with E-state index in [1.54, 1.807) is 19.3 Å². The van der Waals surface area contributed by atoms with E-state index in [1.807, 2.05) is 18.4 Å². The summed E-state index contributed by atoms with van der Waals surface area (Å²) in [5.41, 5.74) is 1.81. The molecule has 2 heterocycles. The highest BCUT2D eigenvalue weighted by molar-refractivity contribution is 7.14. The van der Waals surface area contributed by atoms with E-state index in [0.717, 1.165) is 22.9 Å². The van der Waals surface area contributed by atoms with E-state index in [0.29, 0.717) is 11.1 Å². The molecule has 2 aromatic heterocycles. The highest BCUT2D eigenvalue weighted by Gasteiger charge is 2.06. The Morgan fingerprint density at radius 1 is 1.53 bits per heavy atom. The molecule has 7 heteroatoms. The van der Waals surface area contributed by atoms with Gasteiger partial charge >= 0.3 is 0 Å². The topological polar surface area (TPSA) is 62.2 Å². The lowest BCUT2D eigenvalue weighted by Crippen LogP contribution is -2.30. The van der Waals surface area contributed by atoms with Crippen molar-refractivity contribution in [3.63, 3.8) is 0 Å². The van der Waals surface area contributed by atoms with Crippen molar-refractivity contribution >= 4 is 34.0 Å². The lowest BCUT2D eigenvalue weighted by atomic mass is 10.2. The highest BCUT2D eigenvalue weighted by Crippen LogP contribution is 2.25. The number of rotatable bonds is 3. The first-order chi connectivity index (χ1) is 9.22. The zero-order chi connectivity index (χ0) is 13.7. The van der Waals surface area contributed by atoms with Crippen molar-refractivity contribution in [1.29, 1.82) is 0 Å². The SMILES string of the molecule is CCNC(=NC)Nc1nc(-c2ccnc(Cl)c2)cs1. The van der Waals surface area contributed by atoms with Gasteiger partial charge in [0.05, 0.1) is 5.69 Å². The lowest BCUT2D eigenvalue weighted by molar-refractivity contribution is 0.957. The van der Waals surface area contributed by atoms with Gasteiger partial charge in [0.2, 0.25) is 0 Å². The average Bonchev–Trinajstić information content (AvgIpc) is 2.87. The van der Waals surface area contributed by atoms with Crippen LogP contribution in [0.5, 0.6) is 0 Å². The van der Waals surface area contributed by atoms with Crippen molar-refractivity contribution < 1.29 is 0 Å². The van der Waals surface area contributed by atoms with Crippen LogP contribution in [0, 0.1) is 0 Å². The van der Waals surface area contributed by atoms with Gasteiger partial charge in [0, 0.05) is 30.7 Å². The van der Waals surface area contributed by atoms with Crippen molar-refractivity contribution in [2.24, 2.45) is 4.99 Å². The molecular formula is C12H14ClN5S. The van der Waals surface area contributed by atoms with E-state index in [9.17, 15) is 0 Å². The van der Waals surface area contributed by atoms with Gasteiger partial charge in [0.15, 0.2) is 11.1 Å². The molecule has 2 aromatic rings. The van der Waals surface area contributed by atoms with Crippen LogP contribution in [0.25, 0.3) is 11.3 Å². The van der Waals surface area contributed by atoms with Crippen LogP contribution in [-0.4, -0.2) is 29.5 Å². The number of guanidine groups is 1. The molecule has 0 spiro atoms. The maximum absolute atomic E-state index is 5.87. The van der Waals surface area contributed by atoms with Crippen molar-refractivity contribution in [2.75, 3.05) is 18.9 Å². The quantitative estimate of drug-likeness (QED) is 0.519. The zero-order valence-corrected chi connectivity index (χ0v) is 12.2. The second-order valence-corrected chi connectivity index (χ2v) is 4.88. The number of aromatic nitrogens is 2. The number of hydrogen-bond acceptors (Lipinski definition) is 4. The summed E-state index contributed by atoms with van der Waals surface area (Å²) >= 11 is 7.38. The summed E-state index contributed by atoms with van der Waals surface area (Å²) in [6, 6.07) is 3.67. The van der Waals surface area contributed by atoms with Gasteiger partial charge in [0.25, 0.3) is 0 Å². The Kier molecular flexibility index (Phi) is 4.70. The van der Waals surface area contributed by atoms with Crippen LogP contribution in [-0.2, 0) is 0 Å². The lowest BCUT2D eigenvalue weighted by Gasteiger charge is -2.06. The van der Waals surface area contributed by atoms with Gasteiger partial charge in [-0.25, -0.2) is 9.97 Å². The molecule has 0 saturated carbocycles. The minimum Gasteiger partial charge on any atom is -0.356 e. The minimum atomic E-state index is 0.462. The van der Waals surface area contributed by atoms with E-state index < -0.39 is 0 Å². The molecule has 0 atom stereocenters. The largest absolute Gasteiger partial charge is 0.356 e. The van der Waals surface area contributed by atoms with Crippen molar-refractivity contribution in [3.8, 4) is 11.3 Å². The van der Waals surface area contributed by atoms with Crippen LogP contribution in [0.2, 0.25) is 5.15 Å². The van der Waals surface area contributed by atoms with Gasteiger partial charge in [-0.1, -0.05) is 11.6 Å². The fourth-order valence-electron chi connectivity index (χ4n) is 1.47. The van der Waals surface area contributed by atoms with E-state index in [4.69, 9.17) is 11.6 Å². The molecule has 0 aliphatic carbocycles. The van der Waals surface area contributed by atoms with E-state index in [2.05, 4.69) is 25.6 Å². The summed E-state index contributed by atoms with van der Waals surface area (Å²) in [5.74, 6) is 0.705. The van der Waals surface area contributed by atoms with Gasteiger partial charge in [-0.2, -0.15) is 0 Å². The minimum absolute atomic E-state index is 0.462. The number of pyridine rings is 1. The van der Waals surface area contributed by atoms with Gasteiger partial charge in [-0.15, -0.1) is 11.3 Å². The van der Waals surface area contributed by atoms with Crippen molar-refractivity contribution in [1.82, 2.24) is 15.3 Å². The summed E-state index contributed by atoms with van der Waals surface area (Å²) in [6.45, 7) is 2.82. The summed E-state index contributed by atoms with van der Waals surface area (Å²) < 4.78 is 0. The number of aliphatic imine (C=N–C) groups is 1. The van der Waals surface area contributed by atoms with Crippen LogP contribution in [0.1, 0.15) is 6.92 Å². The van der Waals surface area contributed by atoms with E-state index in [-0.39, 0.29) is 0 Å². The van der Waals surface area contributed by atoms with Crippen LogP contribution >= 0.6 is 22.9 Å². The fraction of sp³-hybridized carbons (Fsp3) is 0.250. The van der Waals surface area contributed by atoms with Gasteiger partial charge in [0.1, 0.15) is 5.15 Å². The van der Waals surface area contributed by atoms with Crippen molar-refractivity contribution in [2.45, 2.75) is 6.92 Å². The Hall–Kier alpha value is -1.66. The predicted molar refractivity (Wildman–Crippen MR) is 81.0 cm³/mol. The maximum Gasteiger partial charge on any atom is 0.197 e. The molecule has 100 valence electrons. The van der Waals surface area contributed by atoms with Crippen LogP contribution in [0.3, 0.4) is 0 Å². The Bertz CT molecular complexity index is 581. The Morgan fingerprint density at radius 3 is 3.05 bits per heavy atom. The Balaban J connectivity index is 2.15. The Labute approximate surface area is 120 Å². The summed E-state index contributed by atoms with van der Waals surface area (Å²) in [4.78, 5) is 12.5. The fourth-order valence-corrected chi connectivity index (χ4v) is 2.37. The molecule has 0 aliphatic heterocycles. The van der Waals surface area contributed by atoms with Crippen molar-refractivity contribution in [3.05, 3.63) is 28.9 Å². The molecule has 5 nitrogen and oxygen atoms in total. The van der Waals surface area contributed by atoms with Gasteiger partial charge in [-0.3, -0.25) is 4.99 Å². The maximum atomic E-state index is 5.87. The van der Waals surface area contributed by atoms with Gasteiger partial charge < -0.3 is 10.6 Å². The summed E-state index contributed by atoms with van der Waals surface area (Å²) in [7, 11) is 1.72. The molecule has 0 amide bonds.